The average molecular weight is 306 g/mol. The van der Waals surface area contributed by atoms with Crippen LogP contribution >= 0.6 is 0 Å². The van der Waals surface area contributed by atoms with E-state index in [2.05, 4.69) is 5.32 Å². The van der Waals surface area contributed by atoms with Crippen molar-refractivity contribution in [3.05, 3.63) is 29.8 Å². The Hall–Kier alpha value is -2.08. The molecule has 1 aliphatic heterocycles. The van der Waals surface area contributed by atoms with Crippen molar-refractivity contribution in [2.45, 2.75) is 13.3 Å². The van der Waals surface area contributed by atoms with E-state index in [1.807, 2.05) is 31.2 Å². The molecular weight excluding hydrogens is 284 g/mol. The van der Waals surface area contributed by atoms with E-state index in [9.17, 15) is 9.59 Å². The third-order valence-corrected chi connectivity index (χ3v) is 3.39. The molecule has 1 heterocycles. The number of ether oxygens (including phenoxy) is 2. The normalized spacial score (nSPS) is 14.8. The molecule has 0 aromatic heterocycles. The van der Waals surface area contributed by atoms with E-state index >= 15 is 0 Å². The average Bonchev–Trinajstić information content (AvgIpc) is 2.51. The largest absolute Gasteiger partial charge is 0.494 e. The minimum atomic E-state index is -0.0510. The number of carbonyl (C=O) groups excluding carboxylic acids is 2. The van der Waals surface area contributed by atoms with Crippen LogP contribution in [0.15, 0.2) is 24.3 Å². The molecular formula is C16H22N2O4. The topological polar surface area (TPSA) is 67.9 Å². The summed E-state index contributed by atoms with van der Waals surface area (Å²) in [5.74, 6) is 0.731. The van der Waals surface area contributed by atoms with Crippen LogP contribution in [0.3, 0.4) is 0 Å². The van der Waals surface area contributed by atoms with Gasteiger partial charge in [0.25, 0.3) is 0 Å². The van der Waals surface area contributed by atoms with E-state index in [0.717, 1.165) is 11.3 Å². The maximum absolute atomic E-state index is 11.9. The second-order valence-electron chi connectivity index (χ2n) is 5.04. The van der Waals surface area contributed by atoms with Gasteiger partial charge >= 0.3 is 0 Å². The molecule has 1 aromatic rings. The summed E-state index contributed by atoms with van der Waals surface area (Å²) in [6.45, 7) is 4.83. The number of morpholine rings is 1. The van der Waals surface area contributed by atoms with Gasteiger partial charge < -0.3 is 19.7 Å². The van der Waals surface area contributed by atoms with Gasteiger partial charge in [0, 0.05) is 19.6 Å². The first kappa shape index (κ1) is 16.3. The molecule has 1 aromatic carbocycles. The van der Waals surface area contributed by atoms with Gasteiger partial charge in [-0.1, -0.05) is 12.1 Å². The van der Waals surface area contributed by atoms with Crippen LogP contribution in [0.25, 0.3) is 0 Å². The lowest BCUT2D eigenvalue weighted by Crippen LogP contribution is -2.45. The second-order valence-corrected chi connectivity index (χ2v) is 5.04. The summed E-state index contributed by atoms with van der Waals surface area (Å²) < 4.78 is 10.4. The van der Waals surface area contributed by atoms with Gasteiger partial charge in [0.2, 0.25) is 11.8 Å². The highest BCUT2D eigenvalue weighted by atomic mass is 16.5. The van der Waals surface area contributed by atoms with Crippen molar-refractivity contribution in [1.29, 1.82) is 0 Å². The summed E-state index contributed by atoms with van der Waals surface area (Å²) in [7, 11) is 0. The van der Waals surface area contributed by atoms with Crippen LogP contribution in [0.4, 0.5) is 0 Å². The molecule has 120 valence electrons. The summed E-state index contributed by atoms with van der Waals surface area (Å²) in [4.78, 5) is 25.1. The van der Waals surface area contributed by atoms with E-state index in [0.29, 0.717) is 39.3 Å². The summed E-state index contributed by atoms with van der Waals surface area (Å²) in [5, 5.41) is 2.83. The highest BCUT2D eigenvalue weighted by Crippen LogP contribution is 2.12. The van der Waals surface area contributed by atoms with Crippen molar-refractivity contribution in [1.82, 2.24) is 10.2 Å². The van der Waals surface area contributed by atoms with Crippen molar-refractivity contribution >= 4 is 11.8 Å². The van der Waals surface area contributed by atoms with Crippen LogP contribution in [-0.2, 0) is 20.7 Å². The van der Waals surface area contributed by atoms with Gasteiger partial charge in [0.1, 0.15) is 12.4 Å². The molecule has 0 bridgehead atoms. The van der Waals surface area contributed by atoms with Crippen LogP contribution in [0.1, 0.15) is 12.5 Å². The van der Waals surface area contributed by atoms with Crippen molar-refractivity contribution < 1.29 is 19.1 Å². The van der Waals surface area contributed by atoms with E-state index in [-0.39, 0.29) is 18.4 Å². The predicted molar refractivity (Wildman–Crippen MR) is 81.7 cm³/mol. The zero-order chi connectivity index (χ0) is 15.8. The molecule has 0 spiro atoms. The zero-order valence-corrected chi connectivity index (χ0v) is 12.8. The predicted octanol–water partition coefficient (Wildman–Crippen LogP) is 0.603. The number of benzene rings is 1. The van der Waals surface area contributed by atoms with Crippen molar-refractivity contribution in [2.24, 2.45) is 0 Å². The molecule has 0 aliphatic carbocycles. The molecule has 1 aliphatic rings. The van der Waals surface area contributed by atoms with E-state index in [4.69, 9.17) is 9.47 Å². The van der Waals surface area contributed by atoms with Crippen molar-refractivity contribution in [3.8, 4) is 5.75 Å². The van der Waals surface area contributed by atoms with Gasteiger partial charge in [-0.3, -0.25) is 9.59 Å². The SMILES string of the molecule is CCOc1ccc(CC(=O)NCCN2CCOCC2=O)cc1. The Morgan fingerprint density at radius 2 is 2.14 bits per heavy atom. The second kappa shape index (κ2) is 8.38. The third kappa shape index (κ3) is 5.04. The van der Waals surface area contributed by atoms with Gasteiger partial charge in [0.15, 0.2) is 0 Å². The highest BCUT2D eigenvalue weighted by molar-refractivity contribution is 5.79. The number of carbonyl (C=O) groups is 2. The first-order valence-electron chi connectivity index (χ1n) is 7.53. The fourth-order valence-electron chi connectivity index (χ4n) is 2.24. The maximum Gasteiger partial charge on any atom is 0.248 e. The number of hydrogen-bond acceptors (Lipinski definition) is 4. The monoisotopic (exact) mass is 306 g/mol. The van der Waals surface area contributed by atoms with Crippen LogP contribution < -0.4 is 10.1 Å². The Morgan fingerprint density at radius 3 is 2.82 bits per heavy atom. The van der Waals surface area contributed by atoms with Gasteiger partial charge in [-0.25, -0.2) is 0 Å². The molecule has 2 amide bonds. The van der Waals surface area contributed by atoms with E-state index in [1.54, 1.807) is 4.90 Å². The quantitative estimate of drug-likeness (QED) is 0.801. The fourth-order valence-corrected chi connectivity index (χ4v) is 2.24. The molecule has 22 heavy (non-hydrogen) atoms. The van der Waals surface area contributed by atoms with Crippen molar-refractivity contribution in [2.75, 3.05) is 39.5 Å². The first-order valence-corrected chi connectivity index (χ1v) is 7.53. The van der Waals surface area contributed by atoms with Crippen LogP contribution in [-0.4, -0.2) is 56.2 Å². The van der Waals surface area contributed by atoms with E-state index in [1.165, 1.54) is 0 Å². The molecule has 1 saturated heterocycles. The number of hydrogen-bond donors (Lipinski definition) is 1. The molecule has 0 radical (unpaired) electrons. The number of nitrogens with one attached hydrogen (secondary N) is 1. The Kier molecular flexibility index (Phi) is 6.21. The Balaban J connectivity index is 1.70. The van der Waals surface area contributed by atoms with Gasteiger partial charge in [0.05, 0.1) is 19.6 Å². The molecule has 2 rings (SSSR count). The minimum absolute atomic E-state index is 0.0213. The van der Waals surface area contributed by atoms with Crippen molar-refractivity contribution in [3.63, 3.8) is 0 Å². The molecule has 1 N–H and O–H groups in total. The number of rotatable bonds is 7. The first-order chi connectivity index (χ1) is 10.7. The van der Waals surface area contributed by atoms with Gasteiger partial charge in [-0.15, -0.1) is 0 Å². The molecule has 1 fully saturated rings. The van der Waals surface area contributed by atoms with Crippen LogP contribution in [0.2, 0.25) is 0 Å². The summed E-state index contributed by atoms with van der Waals surface area (Å²) in [6.07, 6.45) is 0.323. The summed E-state index contributed by atoms with van der Waals surface area (Å²) >= 11 is 0. The fraction of sp³-hybridized carbons (Fsp3) is 0.500. The Labute approximate surface area is 130 Å². The summed E-state index contributed by atoms with van der Waals surface area (Å²) in [6, 6.07) is 7.49. The van der Waals surface area contributed by atoms with Crippen LogP contribution in [0.5, 0.6) is 5.75 Å². The molecule has 6 heteroatoms. The van der Waals surface area contributed by atoms with Crippen LogP contribution in [0, 0.1) is 0 Å². The highest BCUT2D eigenvalue weighted by Gasteiger charge is 2.17. The lowest BCUT2D eigenvalue weighted by atomic mass is 10.1. The number of nitrogens with zero attached hydrogens (tertiary/aromatic N) is 1. The van der Waals surface area contributed by atoms with Gasteiger partial charge in [-0.05, 0) is 24.6 Å². The third-order valence-electron chi connectivity index (χ3n) is 3.39. The smallest absolute Gasteiger partial charge is 0.248 e. The molecule has 0 unspecified atom stereocenters. The molecule has 0 atom stereocenters. The molecule has 6 nitrogen and oxygen atoms in total. The lowest BCUT2D eigenvalue weighted by Gasteiger charge is -2.26. The maximum atomic E-state index is 11.9. The Morgan fingerprint density at radius 1 is 1.36 bits per heavy atom. The van der Waals surface area contributed by atoms with Gasteiger partial charge in [-0.2, -0.15) is 0 Å². The summed E-state index contributed by atoms with van der Waals surface area (Å²) in [5.41, 5.74) is 0.934. The lowest BCUT2D eigenvalue weighted by molar-refractivity contribution is -0.142. The standard InChI is InChI=1S/C16H22N2O4/c1-2-22-14-5-3-13(4-6-14)11-15(19)17-7-8-18-9-10-21-12-16(18)20/h3-6H,2,7-12H2,1H3,(H,17,19). The Bertz CT molecular complexity index is 501. The van der Waals surface area contributed by atoms with E-state index < -0.39 is 0 Å². The number of amides is 2. The zero-order valence-electron chi connectivity index (χ0n) is 12.8. The molecule has 0 saturated carbocycles. The minimum Gasteiger partial charge on any atom is -0.494 e.